The highest BCUT2D eigenvalue weighted by molar-refractivity contribution is 8.00. The van der Waals surface area contributed by atoms with Crippen LogP contribution < -0.4 is 16.0 Å². The van der Waals surface area contributed by atoms with Crippen LogP contribution in [0.4, 0.5) is 0 Å². The first kappa shape index (κ1) is 62.5. The topological polar surface area (TPSA) is 213 Å². The number of fused-ring (bicyclic) bond motifs is 2. The number of thioether (sulfide) groups is 1. The van der Waals surface area contributed by atoms with E-state index in [1.165, 1.54) is 11.8 Å². The Hall–Kier alpha value is -6.33. The van der Waals surface area contributed by atoms with Gasteiger partial charge in [-0.05, 0) is 123 Å². The third-order valence-corrected chi connectivity index (χ3v) is 15.0. The van der Waals surface area contributed by atoms with Gasteiger partial charge in [0.15, 0.2) is 6.04 Å². The number of amides is 5. The van der Waals surface area contributed by atoms with Gasteiger partial charge in [-0.15, -0.1) is 11.8 Å². The highest BCUT2D eigenvalue weighted by Gasteiger charge is 2.46. The zero-order valence-electron chi connectivity index (χ0n) is 47.7. The van der Waals surface area contributed by atoms with Crippen molar-refractivity contribution in [1.29, 1.82) is 0 Å². The predicted octanol–water partition coefficient (Wildman–Crippen LogP) is 8.38. The van der Waals surface area contributed by atoms with Crippen molar-refractivity contribution in [2.24, 2.45) is 23.7 Å². The van der Waals surface area contributed by atoms with Crippen LogP contribution in [0.5, 0.6) is 0 Å². The molecule has 424 valence electrons. The van der Waals surface area contributed by atoms with Crippen LogP contribution in [0.25, 0.3) is 0 Å². The highest BCUT2D eigenvalue weighted by Crippen LogP contribution is 2.49. The van der Waals surface area contributed by atoms with Crippen LogP contribution in [0.3, 0.4) is 0 Å². The average Bonchev–Trinajstić information content (AvgIpc) is 4.08. The van der Waals surface area contributed by atoms with Crippen molar-refractivity contribution >= 4 is 59.2 Å². The number of hydrogen-bond donors (Lipinski definition) is 3. The van der Waals surface area contributed by atoms with E-state index < -0.39 is 118 Å². The first-order chi connectivity index (χ1) is 36.5. The molecule has 3 unspecified atom stereocenters. The summed E-state index contributed by atoms with van der Waals surface area (Å²) in [4.78, 5) is 117. The van der Waals surface area contributed by atoms with E-state index in [9.17, 15) is 19.2 Å². The number of hydrogen-bond acceptors (Lipinski definition) is 13. The molecule has 16 nitrogen and oxygen atoms in total. The maximum absolute atomic E-state index is 16.1. The first-order valence-electron chi connectivity index (χ1n) is 27.0. The van der Waals surface area contributed by atoms with Crippen LogP contribution in [0.1, 0.15) is 138 Å². The van der Waals surface area contributed by atoms with Crippen LogP contribution in [-0.2, 0) is 62.1 Å². The molecule has 2 aliphatic rings. The maximum atomic E-state index is 16.1. The summed E-state index contributed by atoms with van der Waals surface area (Å²) >= 11 is 1.30. The van der Waals surface area contributed by atoms with Gasteiger partial charge in [0, 0.05) is 24.5 Å². The van der Waals surface area contributed by atoms with Crippen molar-refractivity contribution < 1.29 is 57.3 Å². The van der Waals surface area contributed by atoms with Crippen LogP contribution in [0.15, 0.2) is 103 Å². The number of carbonyl (C=O) groups excluding carboxylic acids is 8. The van der Waals surface area contributed by atoms with Crippen molar-refractivity contribution in [3.8, 4) is 0 Å². The number of imide groups is 1. The number of rotatable bonds is 24. The predicted molar refractivity (Wildman–Crippen MR) is 299 cm³/mol. The van der Waals surface area contributed by atoms with Crippen LogP contribution in [0, 0.1) is 23.7 Å². The van der Waals surface area contributed by atoms with Gasteiger partial charge in [-0.3, -0.25) is 38.5 Å². The van der Waals surface area contributed by atoms with Gasteiger partial charge in [-0.1, -0.05) is 117 Å². The maximum Gasteiger partial charge on any atom is 0.331 e. The fraction of sp³-hybridized carbons (Fsp3) is 0.541. The normalized spacial score (nSPS) is 18.2. The van der Waals surface area contributed by atoms with E-state index in [-0.39, 0.29) is 36.3 Å². The van der Waals surface area contributed by atoms with Gasteiger partial charge >= 0.3 is 17.9 Å². The molecule has 3 aromatic rings. The molecule has 5 amide bonds. The van der Waals surface area contributed by atoms with Gasteiger partial charge in [0.05, 0.1) is 30.0 Å². The van der Waals surface area contributed by atoms with Crippen molar-refractivity contribution in [1.82, 2.24) is 20.9 Å². The lowest BCUT2D eigenvalue weighted by Crippen LogP contribution is -2.63. The minimum atomic E-state index is -1.65. The molecule has 0 aromatic heterocycles. The second kappa shape index (κ2) is 27.0. The molecule has 3 N–H and O–H groups in total. The Bertz CT molecular complexity index is 2490. The number of nitrogens with one attached hydrogen (secondary N) is 3. The van der Waals surface area contributed by atoms with Gasteiger partial charge < -0.3 is 34.9 Å². The number of ether oxygens (including phenoxy) is 4. The summed E-state index contributed by atoms with van der Waals surface area (Å²) in [5.41, 5.74) is -0.0854. The zero-order chi connectivity index (χ0) is 57.8. The first-order valence-corrected chi connectivity index (χ1v) is 28.0. The fourth-order valence-electron chi connectivity index (χ4n) is 10.1. The van der Waals surface area contributed by atoms with E-state index in [1.807, 2.05) is 97.1 Å². The summed E-state index contributed by atoms with van der Waals surface area (Å²) in [5.74, 6) is -7.63. The summed E-state index contributed by atoms with van der Waals surface area (Å²) in [5, 5.41) is 8.56. The minimum Gasteiger partial charge on any atom is -0.467 e. The summed E-state index contributed by atoms with van der Waals surface area (Å²) in [6.45, 7) is 20.3. The minimum absolute atomic E-state index is 0.0291. The molecule has 0 aliphatic heterocycles. The van der Waals surface area contributed by atoms with Crippen LogP contribution in [-0.4, -0.2) is 112 Å². The molecule has 5 rings (SSSR count). The molecule has 2 bridgehead atoms. The second-order valence-electron chi connectivity index (χ2n) is 23.5. The molecule has 1 saturated carbocycles. The molecule has 0 saturated heterocycles. The summed E-state index contributed by atoms with van der Waals surface area (Å²) in [6, 6.07) is 22.7. The van der Waals surface area contributed by atoms with E-state index in [1.54, 1.807) is 83.1 Å². The Morgan fingerprint density at radius 1 is 0.615 bits per heavy atom. The molecule has 17 heteroatoms. The lowest BCUT2D eigenvalue weighted by atomic mass is 9.84. The molecule has 0 heterocycles. The quantitative estimate of drug-likeness (QED) is 0.0333. The summed E-state index contributed by atoms with van der Waals surface area (Å²) in [7, 11) is 1.16. The number of esters is 3. The van der Waals surface area contributed by atoms with Crippen LogP contribution >= 0.6 is 11.8 Å². The Morgan fingerprint density at radius 3 is 1.56 bits per heavy atom. The van der Waals surface area contributed by atoms with Crippen molar-refractivity contribution in [3.05, 3.63) is 120 Å². The van der Waals surface area contributed by atoms with Crippen molar-refractivity contribution in [3.63, 3.8) is 0 Å². The molecule has 8 atom stereocenters. The van der Waals surface area contributed by atoms with Gasteiger partial charge in [-0.25, -0.2) is 4.79 Å². The molecule has 78 heavy (non-hydrogen) atoms. The Morgan fingerprint density at radius 2 is 1.13 bits per heavy atom. The van der Waals surface area contributed by atoms with Crippen molar-refractivity contribution in [2.45, 2.75) is 173 Å². The monoisotopic (exact) mass is 1090 g/mol. The fourth-order valence-corrected chi connectivity index (χ4v) is 11.6. The number of methoxy groups -OCH3 is 1. The van der Waals surface area contributed by atoms with Gasteiger partial charge in [-0.2, -0.15) is 0 Å². The van der Waals surface area contributed by atoms with E-state index in [2.05, 4.69) is 22.0 Å². The van der Waals surface area contributed by atoms with Crippen molar-refractivity contribution in [2.75, 3.05) is 12.9 Å². The molecule has 0 radical (unpaired) electrons. The number of nitrogens with zero attached hydrogens (tertiary/aromatic N) is 1. The van der Waals surface area contributed by atoms with Crippen LogP contribution in [0.2, 0.25) is 0 Å². The van der Waals surface area contributed by atoms with E-state index in [4.69, 9.17) is 18.9 Å². The largest absolute Gasteiger partial charge is 0.467 e. The molecule has 1 fully saturated rings. The van der Waals surface area contributed by atoms with Gasteiger partial charge in [0.1, 0.15) is 29.3 Å². The summed E-state index contributed by atoms with van der Waals surface area (Å²) < 4.78 is 21.3. The average molecular weight is 1100 g/mol. The lowest BCUT2D eigenvalue weighted by molar-refractivity contribution is -0.161. The molecule has 2 aliphatic carbocycles. The van der Waals surface area contributed by atoms with E-state index in [0.717, 1.165) is 35.1 Å². The third kappa shape index (κ3) is 17.3. The second-order valence-corrected chi connectivity index (χ2v) is 24.8. The SMILES string of the molecule is COC(=O)[C@@H](NC(=O)[C@H](C(C)C)N(C(=O)CCC(=O)OC(C)(C)C)C(=O)[C@H](CSC(c1ccccc1)(c1ccccc1)c1ccccc1)NC(=O)[C@H](CCC(=O)OC(C)(C)C)NC(=O)C1CC2C=CC1C2)[C@@H](C)OC(C)(C)C. The Kier molecular flexibility index (Phi) is 21.7. The highest BCUT2D eigenvalue weighted by atomic mass is 32.2. The summed E-state index contributed by atoms with van der Waals surface area (Å²) in [6.07, 6.45) is 2.98. The van der Waals surface area contributed by atoms with Gasteiger partial charge in [0.2, 0.25) is 23.6 Å². The molecular weight excluding hydrogens is 1010 g/mol. The molecular formula is C61H82N4O12S. The van der Waals surface area contributed by atoms with E-state index in [0.29, 0.717) is 6.42 Å². The smallest absolute Gasteiger partial charge is 0.331 e. The van der Waals surface area contributed by atoms with Gasteiger partial charge in [0.25, 0.3) is 5.91 Å². The molecule has 0 spiro atoms. The number of allylic oxidation sites excluding steroid dienone is 2. The lowest BCUT2D eigenvalue weighted by Gasteiger charge is -2.39. The number of carbonyl (C=O) groups is 8. The zero-order valence-corrected chi connectivity index (χ0v) is 48.5. The number of benzene rings is 3. The standard InChI is InChI=1S/C61H82N4O12S/c1-38(2)52(55(71)64-51(57(73)74-13)39(3)75-58(4,5)6)65(48(66)32-34-50(68)77-60(10,11)12)56(72)47(37-78-61(42-23-17-14-18-24-42,43-25-19-15-20-26-43)44-27-21-16-22-28-44)63-54(70)46(31-33-49(67)76-59(7,8)9)62-53(69)45-36-40-29-30-41(45)35-40/h14-30,38-41,45-47,51-52H,31-37H2,1-13H3,(H,62,69)(H,63,70)(H,64,71)/t39-,40?,41?,45?,46+,47+,51+,52+/m1/s1. The molecule has 3 aromatic carbocycles. The Balaban J connectivity index is 1.69. The van der Waals surface area contributed by atoms with E-state index >= 15 is 19.2 Å². The third-order valence-electron chi connectivity index (χ3n) is 13.3. The Labute approximate surface area is 465 Å².